The van der Waals surface area contributed by atoms with Gasteiger partial charge in [-0.3, -0.25) is 0 Å². The Morgan fingerprint density at radius 3 is 2.58 bits per heavy atom. The molecule has 0 fully saturated rings. The van der Waals surface area contributed by atoms with Crippen LogP contribution in [0.15, 0.2) is 35.8 Å². The molecule has 0 aliphatic heterocycles. The van der Waals surface area contributed by atoms with Crippen LogP contribution >= 0.6 is 12.6 Å². The van der Waals surface area contributed by atoms with Crippen LogP contribution in [0.2, 0.25) is 0 Å². The minimum atomic E-state index is -0.245. The van der Waals surface area contributed by atoms with Crippen molar-refractivity contribution in [3.8, 4) is 0 Å². The maximum Gasteiger partial charge on any atom is 0.141 e. The van der Waals surface area contributed by atoms with Gasteiger partial charge in [0.2, 0.25) is 0 Å². The summed E-state index contributed by atoms with van der Waals surface area (Å²) in [6.07, 6.45) is 7.51. The molecule has 0 saturated heterocycles. The third kappa shape index (κ3) is 2.08. The largest absolute Gasteiger partial charge is 0.495 e. The molecule has 0 bridgehead atoms. The first-order valence-electron chi connectivity index (χ1n) is 3.70. The van der Waals surface area contributed by atoms with Crippen LogP contribution in [0, 0.1) is 0 Å². The van der Waals surface area contributed by atoms with E-state index in [0.717, 1.165) is 0 Å². The predicted molar refractivity (Wildman–Crippen MR) is 53.9 cm³/mol. The van der Waals surface area contributed by atoms with Gasteiger partial charge in [-0.2, -0.15) is 12.6 Å². The number of methoxy groups -OCH3 is 1. The van der Waals surface area contributed by atoms with Gasteiger partial charge in [-0.05, 0) is 19.1 Å². The van der Waals surface area contributed by atoms with E-state index in [2.05, 4.69) is 12.6 Å². The number of hydrogen-bond acceptors (Lipinski definition) is 3. The lowest BCUT2D eigenvalue weighted by Crippen LogP contribution is -2.06. The molecule has 1 rings (SSSR count). The second-order valence-electron chi connectivity index (χ2n) is 2.92. The SMILES string of the molecule is COC1=C(N)C=CC(C)(S)C=C1. The summed E-state index contributed by atoms with van der Waals surface area (Å²) in [7, 11) is 1.60. The Morgan fingerprint density at radius 2 is 2.00 bits per heavy atom. The molecule has 0 heterocycles. The van der Waals surface area contributed by atoms with Crippen molar-refractivity contribution in [2.75, 3.05) is 7.11 Å². The summed E-state index contributed by atoms with van der Waals surface area (Å²) in [6.45, 7) is 1.98. The van der Waals surface area contributed by atoms with E-state index < -0.39 is 0 Å². The van der Waals surface area contributed by atoms with E-state index in [0.29, 0.717) is 11.5 Å². The fourth-order valence-electron chi connectivity index (χ4n) is 0.923. The molecule has 0 aromatic heterocycles. The maximum absolute atomic E-state index is 5.69. The third-order valence-electron chi connectivity index (χ3n) is 1.68. The summed E-state index contributed by atoms with van der Waals surface area (Å²) >= 11 is 4.40. The Kier molecular flexibility index (Phi) is 2.52. The van der Waals surface area contributed by atoms with Crippen molar-refractivity contribution in [3.63, 3.8) is 0 Å². The molecule has 0 saturated carbocycles. The van der Waals surface area contributed by atoms with Gasteiger partial charge in [0.1, 0.15) is 5.76 Å². The summed E-state index contributed by atoms with van der Waals surface area (Å²) in [5.74, 6) is 0.684. The summed E-state index contributed by atoms with van der Waals surface area (Å²) in [5.41, 5.74) is 6.32. The van der Waals surface area contributed by atoms with Crippen LogP contribution in [0.1, 0.15) is 6.92 Å². The molecule has 3 heteroatoms. The molecule has 0 aromatic rings. The normalized spacial score (nSPS) is 28.9. The van der Waals surface area contributed by atoms with Gasteiger partial charge in [-0.25, -0.2) is 0 Å². The minimum Gasteiger partial charge on any atom is -0.495 e. The van der Waals surface area contributed by atoms with E-state index in [1.54, 1.807) is 7.11 Å². The third-order valence-corrected chi connectivity index (χ3v) is 1.98. The molecule has 2 N–H and O–H groups in total. The van der Waals surface area contributed by atoms with Crippen molar-refractivity contribution >= 4 is 12.6 Å². The van der Waals surface area contributed by atoms with Crippen LogP contribution in [-0.4, -0.2) is 11.9 Å². The minimum absolute atomic E-state index is 0.245. The van der Waals surface area contributed by atoms with Crippen LogP contribution in [0.25, 0.3) is 0 Å². The first-order chi connectivity index (χ1) is 5.55. The molecule has 66 valence electrons. The lowest BCUT2D eigenvalue weighted by molar-refractivity contribution is 0.303. The van der Waals surface area contributed by atoms with Crippen LogP contribution in [0.5, 0.6) is 0 Å². The highest BCUT2D eigenvalue weighted by molar-refractivity contribution is 7.82. The van der Waals surface area contributed by atoms with E-state index in [1.807, 2.05) is 31.2 Å². The van der Waals surface area contributed by atoms with Crippen LogP contribution in [0.4, 0.5) is 0 Å². The van der Waals surface area contributed by atoms with Crippen molar-refractivity contribution in [1.82, 2.24) is 0 Å². The molecule has 12 heavy (non-hydrogen) atoms. The molecule has 0 radical (unpaired) electrons. The first kappa shape index (κ1) is 9.26. The molecule has 1 aliphatic carbocycles. The summed E-state index contributed by atoms with van der Waals surface area (Å²) in [6, 6.07) is 0. The van der Waals surface area contributed by atoms with Crippen LogP contribution in [-0.2, 0) is 4.74 Å². The number of hydrogen-bond donors (Lipinski definition) is 2. The second kappa shape index (κ2) is 3.27. The van der Waals surface area contributed by atoms with Gasteiger partial charge in [0.15, 0.2) is 0 Å². The summed E-state index contributed by atoms with van der Waals surface area (Å²) in [5, 5.41) is 0. The van der Waals surface area contributed by atoms with Gasteiger partial charge < -0.3 is 10.5 Å². The van der Waals surface area contributed by atoms with E-state index in [4.69, 9.17) is 10.5 Å². The van der Waals surface area contributed by atoms with Gasteiger partial charge in [-0.15, -0.1) is 0 Å². The second-order valence-corrected chi connectivity index (χ2v) is 3.88. The molecular formula is C9H13NOS. The summed E-state index contributed by atoms with van der Waals surface area (Å²) in [4.78, 5) is 0. The van der Waals surface area contributed by atoms with Gasteiger partial charge in [0.25, 0.3) is 0 Å². The van der Waals surface area contributed by atoms with Crippen molar-refractivity contribution in [2.45, 2.75) is 11.7 Å². The first-order valence-corrected chi connectivity index (χ1v) is 4.14. The quantitative estimate of drug-likeness (QED) is 0.606. The lowest BCUT2D eigenvalue weighted by Gasteiger charge is -2.10. The highest BCUT2D eigenvalue weighted by atomic mass is 32.1. The standard InChI is InChI=1S/C9H13NOS/c1-9(12)5-3-7(10)8(11-2)4-6-9/h3-6,12H,10H2,1-2H3. The van der Waals surface area contributed by atoms with Crippen LogP contribution < -0.4 is 5.73 Å². The van der Waals surface area contributed by atoms with E-state index in [9.17, 15) is 0 Å². The fourth-order valence-corrected chi connectivity index (χ4v) is 1.07. The zero-order valence-corrected chi connectivity index (χ0v) is 8.14. The number of ether oxygens (including phenoxy) is 1. The maximum atomic E-state index is 5.69. The number of allylic oxidation sites excluding steroid dienone is 2. The van der Waals surface area contributed by atoms with Crippen molar-refractivity contribution in [3.05, 3.63) is 35.8 Å². The van der Waals surface area contributed by atoms with Gasteiger partial charge in [0, 0.05) is 4.75 Å². The fraction of sp³-hybridized carbons (Fsp3) is 0.333. The average molecular weight is 183 g/mol. The van der Waals surface area contributed by atoms with Gasteiger partial charge in [-0.1, -0.05) is 12.2 Å². The molecule has 0 spiro atoms. The average Bonchev–Trinajstić information content (AvgIpc) is 2.13. The molecular weight excluding hydrogens is 170 g/mol. The Balaban J connectivity index is 2.99. The number of nitrogens with two attached hydrogens (primary N) is 1. The van der Waals surface area contributed by atoms with Crippen LogP contribution in [0.3, 0.4) is 0 Å². The van der Waals surface area contributed by atoms with E-state index in [-0.39, 0.29) is 4.75 Å². The van der Waals surface area contributed by atoms with E-state index >= 15 is 0 Å². The Bertz CT molecular complexity index is 264. The monoisotopic (exact) mass is 183 g/mol. The van der Waals surface area contributed by atoms with E-state index in [1.165, 1.54) is 0 Å². The smallest absolute Gasteiger partial charge is 0.141 e. The number of thiol groups is 1. The molecule has 0 aromatic carbocycles. The molecule has 0 amide bonds. The molecule has 1 atom stereocenters. The van der Waals surface area contributed by atoms with Crippen molar-refractivity contribution in [2.24, 2.45) is 5.73 Å². The Morgan fingerprint density at radius 1 is 1.42 bits per heavy atom. The number of rotatable bonds is 1. The highest BCUT2D eigenvalue weighted by Crippen LogP contribution is 2.22. The Labute approximate surface area is 78.2 Å². The predicted octanol–water partition coefficient (Wildman–Crippen LogP) is 1.62. The zero-order valence-electron chi connectivity index (χ0n) is 7.24. The lowest BCUT2D eigenvalue weighted by atomic mass is 10.1. The zero-order chi connectivity index (χ0) is 9.19. The van der Waals surface area contributed by atoms with Gasteiger partial charge >= 0.3 is 0 Å². The van der Waals surface area contributed by atoms with Crippen molar-refractivity contribution in [1.29, 1.82) is 0 Å². The van der Waals surface area contributed by atoms with Gasteiger partial charge in [0.05, 0.1) is 12.8 Å². The highest BCUT2D eigenvalue weighted by Gasteiger charge is 2.13. The Hall–Kier alpha value is -0.830. The summed E-state index contributed by atoms with van der Waals surface area (Å²) < 4.78 is 4.81. The molecule has 1 aliphatic rings. The topological polar surface area (TPSA) is 35.2 Å². The van der Waals surface area contributed by atoms with Crippen molar-refractivity contribution < 1.29 is 4.74 Å². The molecule has 1 unspecified atom stereocenters. The molecule has 2 nitrogen and oxygen atoms in total.